The van der Waals surface area contributed by atoms with Crippen LogP contribution >= 0.6 is 11.3 Å². The first-order valence-electron chi connectivity index (χ1n) is 5.41. The topological polar surface area (TPSA) is 50.9 Å². The lowest BCUT2D eigenvalue weighted by Gasteiger charge is -2.15. The summed E-state index contributed by atoms with van der Waals surface area (Å²) in [4.78, 5) is 4.29. The van der Waals surface area contributed by atoms with E-state index in [4.69, 9.17) is 5.73 Å². The molecule has 0 radical (unpaired) electrons. The van der Waals surface area contributed by atoms with E-state index in [1.807, 2.05) is 19.2 Å². The highest BCUT2D eigenvalue weighted by Gasteiger charge is 2.16. The molecule has 18 heavy (non-hydrogen) atoms. The molecular formula is C12H13F2N3S. The van der Waals surface area contributed by atoms with Gasteiger partial charge < -0.3 is 11.1 Å². The zero-order chi connectivity index (χ0) is 13.3. The molecule has 2 rings (SSSR count). The monoisotopic (exact) mass is 269 g/mol. The number of anilines is 2. The number of benzene rings is 1. The third-order valence-corrected chi connectivity index (χ3v) is 3.64. The first-order valence-corrected chi connectivity index (χ1v) is 6.29. The molecule has 0 saturated heterocycles. The SMILES string of the molecule is Cc1csc(C(C)Nc2c(N)ccc(F)c2F)n1. The van der Waals surface area contributed by atoms with Crippen molar-refractivity contribution in [2.24, 2.45) is 0 Å². The van der Waals surface area contributed by atoms with Gasteiger partial charge in [0.15, 0.2) is 11.6 Å². The van der Waals surface area contributed by atoms with E-state index in [-0.39, 0.29) is 17.4 Å². The second kappa shape index (κ2) is 4.89. The number of nitrogens with zero attached hydrogens (tertiary/aromatic N) is 1. The van der Waals surface area contributed by atoms with E-state index in [0.717, 1.165) is 16.8 Å². The fourth-order valence-electron chi connectivity index (χ4n) is 1.56. The molecule has 0 aliphatic carbocycles. The molecular weight excluding hydrogens is 256 g/mol. The summed E-state index contributed by atoms with van der Waals surface area (Å²) in [5.41, 5.74) is 6.69. The van der Waals surface area contributed by atoms with Gasteiger partial charge in [-0.15, -0.1) is 11.3 Å². The van der Waals surface area contributed by atoms with Gasteiger partial charge in [-0.05, 0) is 26.0 Å². The van der Waals surface area contributed by atoms with Crippen LogP contribution in [0.1, 0.15) is 23.7 Å². The predicted molar refractivity (Wildman–Crippen MR) is 69.7 cm³/mol. The standard InChI is InChI=1S/C12H13F2N3S/c1-6-5-18-12(16-6)7(2)17-11-9(15)4-3-8(13)10(11)14/h3-5,7,17H,15H2,1-2H3. The normalized spacial score (nSPS) is 12.4. The van der Waals surface area contributed by atoms with Gasteiger partial charge in [0.1, 0.15) is 5.01 Å². The summed E-state index contributed by atoms with van der Waals surface area (Å²) < 4.78 is 26.7. The molecule has 0 aliphatic rings. The summed E-state index contributed by atoms with van der Waals surface area (Å²) in [5.74, 6) is -1.88. The molecule has 1 aromatic heterocycles. The molecule has 0 amide bonds. The van der Waals surface area contributed by atoms with Crippen LogP contribution in [0, 0.1) is 18.6 Å². The Morgan fingerprint density at radius 2 is 2.11 bits per heavy atom. The van der Waals surface area contributed by atoms with E-state index in [0.29, 0.717) is 0 Å². The molecule has 1 aromatic carbocycles. The summed E-state index contributed by atoms with van der Waals surface area (Å²) in [6.07, 6.45) is 0. The van der Waals surface area contributed by atoms with Crippen molar-refractivity contribution in [3.8, 4) is 0 Å². The Kier molecular flexibility index (Phi) is 3.47. The maximum absolute atomic E-state index is 13.6. The second-order valence-corrected chi connectivity index (χ2v) is 4.91. The molecule has 2 aromatic rings. The number of thiazole rings is 1. The van der Waals surface area contributed by atoms with Crippen LogP contribution in [-0.4, -0.2) is 4.98 Å². The molecule has 0 saturated carbocycles. The maximum atomic E-state index is 13.6. The second-order valence-electron chi connectivity index (χ2n) is 4.02. The average molecular weight is 269 g/mol. The van der Waals surface area contributed by atoms with Crippen LogP contribution in [0.2, 0.25) is 0 Å². The number of hydrogen-bond donors (Lipinski definition) is 2. The third kappa shape index (κ3) is 2.43. The van der Waals surface area contributed by atoms with Crippen LogP contribution < -0.4 is 11.1 Å². The number of rotatable bonds is 3. The largest absolute Gasteiger partial charge is 0.397 e. The smallest absolute Gasteiger partial charge is 0.183 e. The van der Waals surface area contributed by atoms with Crippen LogP contribution in [0.3, 0.4) is 0 Å². The Morgan fingerprint density at radius 3 is 2.72 bits per heavy atom. The highest BCUT2D eigenvalue weighted by molar-refractivity contribution is 7.09. The number of hydrogen-bond acceptors (Lipinski definition) is 4. The van der Waals surface area contributed by atoms with Crippen molar-refractivity contribution in [3.63, 3.8) is 0 Å². The summed E-state index contributed by atoms with van der Waals surface area (Å²) >= 11 is 1.46. The lowest BCUT2D eigenvalue weighted by molar-refractivity contribution is 0.510. The van der Waals surface area contributed by atoms with Gasteiger partial charge in [-0.2, -0.15) is 0 Å². The van der Waals surface area contributed by atoms with Crippen molar-refractivity contribution in [2.45, 2.75) is 19.9 Å². The highest BCUT2D eigenvalue weighted by Crippen LogP contribution is 2.29. The zero-order valence-corrected chi connectivity index (χ0v) is 10.8. The number of halogens is 2. The van der Waals surface area contributed by atoms with Gasteiger partial charge in [0, 0.05) is 11.1 Å². The quantitative estimate of drug-likeness (QED) is 0.839. The zero-order valence-electron chi connectivity index (χ0n) is 10.00. The van der Waals surface area contributed by atoms with Crippen molar-refractivity contribution < 1.29 is 8.78 Å². The van der Waals surface area contributed by atoms with Crippen molar-refractivity contribution in [1.29, 1.82) is 0 Å². The Bertz CT molecular complexity index is 568. The Hall–Kier alpha value is -1.69. The van der Waals surface area contributed by atoms with Gasteiger partial charge in [-0.1, -0.05) is 0 Å². The van der Waals surface area contributed by atoms with E-state index >= 15 is 0 Å². The molecule has 0 aliphatic heterocycles. The first kappa shape index (κ1) is 12.8. The summed E-state index contributed by atoms with van der Waals surface area (Å²) in [6, 6.07) is 2.11. The summed E-state index contributed by atoms with van der Waals surface area (Å²) in [6.45, 7) is 3.70. The van der Waals surface area contributed by atoms with E-state index in [1.54, 1.807) is 0 Å². The van der Waals surface area contributed by atoms with E-state index < -0.39 is 11.6 Å². The fraction of sp³-hybridized carbons (Fsp3) is 0.250. The van der Waals surface area contributed by atoms with E-state index in [1.165, 1.54) is 17.4 Å². The minimum atomic E-state index is -0.963. The molecule has 0 spiro atoms. The van der Waals surface area contributed by atoms with Crippen LogP contribution in [0.5, 0.6) is 0 Å². The molecule has 0 fully saturated rings. The van der Waals surface area contributed by atoms with E-state index in [2.05, 4.69) is 10.3 Å². The molecule has 3 N–H and O–H groups in total. The summed E-state index contributed by atoms with van der Waals surface area (Å²) in [7, 11) is 0. The van der Waals surface area contributed by atoms with Gasteiger partial charge in [0.2, 0.25) is 0 Å². The van der Waals surface area contributed by atoms with Crippen molar-refractivity contribution in [2.75, 3.05) is 11.1 Å². The fourth-order valence-corrected chi connectivity index (χ4v) is 2.37. The molecule has 1 unspecified atom stereocenters. The molecule has 1 atom stereocenters. The minimum absolute atomic E-state index is 0.0182. The lowest BCUT2D eigenvalue weighted by Crippen LogP contribution is -2.10. The molecule has 1 heterocycles. The van der Waals surface area contributed by atoms with Crippen LogP contribution in [0.15, 0.2) is 17.5 Å². The van der Waals surface area contributed by atoms with E-state index in [9.17, 15) is 8.78 Å². The molecule has 0 bridgehead atoms. The molecule has 6 heteroatoms. The van der Waals surface area contributed by atoms with Crippen molar-refractivity contribution in [3.05, 3.63) is 39.8 Å². The molecule has 3 nitrogen and oxygen atoms in total. The van der Waals surface area contributed by atoms with Gasteiger partial charge in [-0.25, -0.2) is 13.8 Å². The van der Waals surface area contributed by atoms with Crippen LogP contribution in [-0.2, 0) is 0 Å². The predicted octanol–water partition coefficient (Wildman–Crippen LogP) is 3.49. The van der Waals surface area contributed by atoms with Crippen LogP contribution in [0.25, 0.3) is 0 Å². The first-order chi connectivity index (χ1) is 8.49. The third-order valence-electron chi connectivity index (χ3n) is 2.50. The Morgan fingerprint density at radius 1 is 1.39 bits per heavy atom. The average Bonchev–Trinajstić information content (AvgIpc) is 2.76. The number of nitrogen functional groups attached to an aromatic ring is 1. The Balaban J connectivity index is 2.27. The number of nitrogens with one attached hydrogen (secondary N) is 1. The minimum Gasteiger partial charge on any atom is -0.397 e. The Labute approximate surface area is 108 Å². The number of aryl methyl sites for hydroxylation is 1. The maximum Gasteiger partial charge on any atom is 0.183 e. The lowest BCUT2D eigenvalue weighted by atomic mass is 10.2. The number of aromatic nitrogens is 1. The van der Waals surface area contributed by atoms with Crippen LogP contribution in [0.4, 0.5) is 20.2 Å². The summed E-state index contributed by atoms with van der Waals surface area (Å²) in [5, 5.41) is 5.56. The molecule has 96 valence electrons. The van der Waals surface area contributed by atoms with Crippen molar-refractivity contribution >= 4 is 22.7 Å². The highest BCUT2D eigenvalue weighted by atomic mass is 32.1. The van der Waals surface area contributed by atoms with Gasteiger partial charge in [0.25, 0.3) is 0 Å². The van der Waals surface area contributed by atoms with Crippen molar-refractivity contribution in [1.82, 2.24) is 4.98 Å². The van der Waals surface area contributed by atoms with Gasteiger partial charge in [-0.3, -0.25) is 0 Å². The number of nitrogens with two attached hydrogens (primary N) is 1. The van der Waals surface area contributed by atoms with Gasteiger partial charge >= 0.3 is 0 Å². The van der Waals surface area contributed by atoms with Gasteiger partial charge in [0.05, 0.1) is 17.4 Å².